The van der Waals surface area contributed by atoms with Crippen LogP contribution in [0.3, 0.4) is 0 Å². The summed E-state index contributed by atoms with van der Waals surface area (Å²) < 4.78 is 65.0. The third kappa shape index (κ3) is 5.14. The summed E-state index contributed by atoms with van der Waals surface area (Å²) in [5, 5.41) is 2.61. The fourth-order valence-corrected chi connectivity index (χ4v) is 5.20. The Morgan fingerprint density at radius 2 is 1.67 bits per heavy atom. The van der Waals surface area contributed by atoms with E-state index in [4.69, 9.17) is 11.6 Å². The van der Waals surface area contributed by atoms with Crippen LogP contribution in [0.4, 0.5) is 13.2 Å². The molecule has 2 aromatic rings. The number of halogens is 4. The number of carbonyl (C=O) groups excluding carboxylic acids is 1. The number of sulfonamides is 1. The number of benzene rings is 2. The van der Waals surface area contributed by atoms with Gasteiger partial charge in [-0.1, -0.05) is 30.2 Å². The number of hydrogen-bond acceptors (Lipinski definition) is 3. The van der Waals surface area contributed by atoms with E-state index in [1.165, 1.54) is 34.6 Å². The normalized spacial score (nSPS) is 15.7. The van der Waals surface area contributed by atoms with Gasteiger partial charge >= 0.3 is 6.18 Å². The number of nitrogens with one attached hydrogen (secondary N) is 1. The highest BCUT2D eigenvalue weighted by atomic mass is 35.5. The molecule has 1 amide bonds. The lowest BCUT2D eigenvalue weighted by atomic mass is 10.1. The molecule has 30 heavy (non-hydrogen) atoms. The molecule has 2 aromatic carbocycles. The van der Waals surface area contributed by atoms with Crippen LogP contribution in [0.2, 0.25) is 5.02 Å². The first kappa shape index (κ1) is 22.6. The zero-order valence-electron chi connectivity index (χ0n) is 15.9. The van der Waals surface area contributed by atoms with Crippen LogP contribution in [-0.4, -0.2) is 31.7 Å². The summed E-state index contributed by atoms with van der Waals surface area (Å²) in [6, 6.07) is 8.41. The smallest absolute Gasteiger partial charge is 0.348 e. The second-order valence-corrected chi connectivity index (χ2v) is 9.30. The van der Waals surface area contributed by atoms with Crippen molar-refractivity contribution in [1.29, 1.82) is 0 Å². The van der Waals surface area contributed by atoms with E-state index >= 15 is 0 Å². The average Bonchev–Trinajstić information content (AvgIpc) is 2.72. The molecule has 0 saturated carbocycles. The van der Waals surface area contributed by atoms with Crippen LogP contribution in [0.25, 0.3) is 0 Å². The number of piperidine rings is 1. The largest absolute Gasteiger partial charge is 0.416 e. The van der Waals surface area contributed by atoms with Gasteiger partial charge < -0.3 is 5.32 Å². The van der Waals surface area contributed by atoms with Crippen LogP contribution >= 0.6 is 11.6 Å². The summed E-state index contributed by atoms with van der Waals surface area (Å²) >= 11 is 6.10. The van der Waals surface area contributed by atoms with Gasteiger partial charge in [-0.05, 0) is 48.7 Å². The van der Waals surface area contributed by atoms with Gasteiger partial charge in [0.05, 0.1) is 10.6 Å². The van der Waals surface area contributed by atoms with Crippen LogP contribution in [0, 0.1) is 0 Å². The Balaban J connectivity index is 1.73. The third-order valence-corrected chi connectivity index (χ3v) is 7.24. The van der Waals surface area contributed by atoms with Gasteiger partial charge in [-0.2, -0.15) is 17.5 Å². The minimum Gasteiger partial charge on any atom is -0.348 e. The first-order chi connectivity index (χ1) is 14.1. The lowest BCUT2D eigenvalue weighted by molar-refractivity contribution is -0.137. The molecule has 1 fully saturated rings. The minimum atomic E-state index is -4.43. The summed E-state index contributed by atoms with van der Waals surface area (Å²) in [7, 11) is -3.82. The maximum Gasteiger partial charge on any atom is 0.416 e. The standard InChI is InChI=1S/C20H20ClF3N2O3S/c21-17-9-6-15(12-18(17)30(28,29)26-10-2-1-3-11-26)19(27)25-13-14-4-7-16(8-5-14)20(22,23)24/h4-9,12H,1-3,10-11,13H2,(H,25,27). The molecule has 1 aliphatic heterocycles. The monoisotopic (exact) mass is 460 g/mol. The molecule has 0 aliphatic carbocycles. The van der Waals surface area contributed by atoms with E-state index in [1.54, 1.807) is 0 Å². The zero-order valence-corrected chi connectivity index (χ0v) is 17.4. The van der Waals surface area contributed by atoms with E-state index in [9.17, 15) is 26.4 Å². The number of hydrogen-bond donors (Lipinski definition) is 1. The topological polar surface area (TPSA) is 66.5 Å². The predicted molar refractivity (Wildman–Crippen MR) is 107 cm³/mol. The molecular weight excluding hydrogens is 441 g/mol. The second-order valence-electron chi connectivity index (χ2n) is 6.99. The van der Waals surface area contributed by atoms with Crippen LogP contribution in [0.1, 0.15) is 40.7 Å². The number of carbonyl (C=O) groups is 1. The summed E-state index contributed by atoms with van der Waals surface area (Å²) in [5.41, 5.74) is -0.198. The Bertz CT molecular complexity index is 1020. The molecule has 0 spiro atoms. The van der Waals surface area contributed by atoms with Crippen molar-refractivity contribution in [3.05, 3.63) is 64.2 Å². The number of nitrogens with zero attached hydrogens (tertiary/aromatic N) is 1. The minimum absolute atomic E-state index is 0.00615. The van der Waals surface area contributed by atoms with Crippen LogP contribution in [-0.2, 0) is 22.7 Å². The predicted octanol–water partition coefficient (Wildman–Crippen LogP) is 4.46. The molecule has 10 heteroatoms. The Morgan fingerprint density at radius 3 is 2.27 bits per heavy atom. The van der Waals surface area contributed by atoms with Gasteiger partial charge in [-0.25, -0.2) is 8.42 Å². The lowest BCUT2D eigenvalue weighted by Crippen LogP contribution is -2.36. The lowest BCUT2D eigenvalue weighted by Gasteiger charge is -2.26. The van der Waals surface area contributed by atoms with E-state index in [0.29, 0.717) is 18.7 Å². The molecule has 0 bridgehead atoms. The fraction of sp³-hybridized carbons (Fsp3) is 0.350. The molecular formula is C20H20ClF3N2O3S. The summed E-state index contributed by atoms with van der Waals surface area (Å²) in [5.74, 6) is -0.554. The van der Waals surface area contributed by atoms with Crippen molar-refractivity contribution >= 4 is 27.5 Å². The van der Waals surface area contributed by atoms with Gasteiger partial charge in [0, 0.05) is 25.2 Å². The summed E-state index contributed by atoms with van der Waals surface area (Å²) in [6.07, 6.45) is -1.93. The highest BCUT2D eigenvalue weighted by Crippen LogP contribution is 2.29. The van der Waals surface area contributed by atoms with Gasteiger partial charge in [0.25, 0.3) is 5.91 Å². The number of alkyl halides is 3. The molecule has 162 valence electrons. The molecule has 1 heterocycles. The molecule has 3 rings (SSSR count). The summed E-state index contributed by atoms with van der Waals surface area (Å²) in [4.78, 5) is 12.3. The van der Waals surface area contributed by atoms with E-state index in [0.717, 1.165) is 31.4 Å². The Hall–Kier alpha value is -2.10. The average molecular weight is 461 g/mol. The van der Waals surface area contributed by atoms with Crippen molar-refractivity contribution in [2.45, 2.75) is 36.9 Å². The van der Waals surface area contributed by atoms with Crippen molar-refractivity contribution in [2.75, 3.05) is 13.1 Å². The van der Waals surface area contributed by atoms with E-state index in [2.05, 4.69) is 5.32 Å². The molecule has 0 aromatic heterocycles. The van der Waals surface area contributed by atoms with Crippen molar-refractivity contribution in [3.8, 4) is 0 Å². The number of rotatable bonds is 5. The van der Waals surface area contributed by atoms with Gasteiger partial charge in [0.15, 0.2) is 0 Å². The van der Waals surface area contributed by atoms with Crippen LogP contribution in [0.5, 0.6) is 0 Å². The van der Waals surface area contributed by atoms with E-state index < -0.39 is 27.7 Å². The van der Waals surface area contributed by atoms with Crippen molar-refractivity contribution in [3.63, 3.8) is 0 Å². The van der Waals surface area contributed by atoms with E-state index in [1.807, 2.05) is 0 Å². The Morgan fingerprint density at radius 1 is 1.03 bits per heavy atom. The van der Waals surface area contributed by atoms with Gasteiger partial charge in [-0.3, -0.25) is 4.79 Å². The highest BCUT2D eigenvalue weighted by Gasteiger charge is 2.30. The molecule has 1 N–H and O–H groups in total. The van der Waals surface area contributed by atoms with Crippen molar-refractivity contribution < 1.29 is 26.4 Å². The zero-order chi connectivity index (χ0) is 21.9. The van der Waals surface area contributed by atoms with Crippen molar-refractivity contribution in [1.82, 2.24) is 9.62 Å². The maximum atomic E-state index is 12.9. The van der Waals surface area contributed by atoms with Gasteiger partial charge in [0.2, 0.25) is 10.0 Å². The van der Waals surface area contributed by atoms with Crippen molar-refractivity contribution in [2.24, 2.45) is 0 Å². The Labute approximate surface area is 177 Å². The fourth-order valence-electron chi connectivity index (χ4n) is 3.18. The first-order valence-electron chi connectivity index (χ1n) is 9.33. The van der Waals surface area contributed by atoms with E-state index in [-0.39, 0.29) is 22.0 Å². The number of amides is 1. The SMILES string of the molecule is O=C(NCc1ccc(C(F)(F)F)cc1)c1ccc(Cl)c(S(=O)(=O)N2CCCCC2)c1. The van der Waals surface area contributed by atoms with Crippen LogP contribution < -0.4 is 5.32 Å². The Kier molecular flexibility index (Phi) is 6.74. The quantitative estimate of drug-likeness (QED) is 0.716. The molecule has 0 radical (unpaired) electrons. The molecule has 0 atom stereocenters. The van der Waals surface area contributed by atoms with Gasteiger partial charge in [0.1, 0.15) is 4.90 Å². The molecule has 1 aliphatic rings. The highest BCUT2D eigenvalue weighted by molar-refractivity contribution is 7.89. The molecule has 1 saturated heterocycles. The third-order valence-electron chi connectivity index (χ3n) is 4.86. The van der Waals surface area contributed by atoms with Crippen LogP contribution in [0.15, 0.2) is 47.4 Å². The first-order valence-corrected chi connectivity index (χ1v) is 11.1. The molecule has 0 unspecified atom stereocenters. The summed E-state index contributed by atoms with van der Waals surface area (Å²) in [6.45, 7) is 0.805. The van der Waals surface area contributed by atoms with Gasteiger partial charge in [-0.15, -0.1) is 0 Å². The maximum absolute atomic E-state index is 12.9. The second kappa shape index (κ2) is 8.95. The molecule has 5 nitrogen and oxygen atoms in total.